The maximum Gasteiger partial charge on any atom is 0.261 e. The smallest absolute Gasteiger partial charge is 0.261 e. The summed E-state index contributed by atoms with van der Waals surface area (Å²) in [4.78, 5) is 11.8. The van der Waals surface area contributed by atoms with Crippen molar-refractivity contribution < 1.29 is 4.79 Å². The summed E-state index contributed by atoms with van der Waals surface area (Å²) in [6, 6.07) is 7.54. The third-order valence-corrected chi connectivity index (χ3v) is 2.31. The summed E-state index contributed by atoms with van der Waals surface area (Å²) in [5, 5.41) is 8.99. The van der Waals surface area contributed by atoms with E-state index >= 15 is 0 Å². The molecule has 82 valence electrons. The number of rotatable bonds is 2. The number of carbonyl (C=O) groups is 1. The molecule has 5 nitrogen and oxygen atoms in total. The standard InChI is InChI=1S/C11H12N4O/c1-7-4-2-3-5-9(7)14-11(16)8-6-13-15-10(8)12/h2-6H,1H3,(H,14,16)(H3,12,13,15). The minimum Gasteiger partial charge on any atom is -0.383 e. The molecule has 0 saturated carbocycles. The van der Waals surface area contributed by atoms with E-state index in [0.29, 0.717) is 5.56 Å². The van der Waals surface area contributed by atoms with Crippen molar-refractivity contribution in [1.29, 1.82) is 0 Å². The minimum atomic E-state index is -0.263. The lowest BCUT2D eigenvalue weighted by molar-refractivity contribution is 0.102. The fraction of sp³-hybridized carbons (Fsp3) is 0.0909. The van der Waals surface area contributed by atoms with Gasteiger partial charge in [-0.05, 0) is 18.6 Å². The predicted molar refractivity (Wildman–Crippen MR) is 62.1 cm³/mol. The van der Waals surface area contributed by atoms with Crippen LogP contribution in [0, 0.1) is 6.92 Å². The molecule has 2 aromatic rings. The number of hydrogen-bond acceptors (Lipinski definition) is 3. The lowest BCUT2D eigenvalue weighted by atomic mass is 10.2. The number of nitrogen functional groups attached to an aromatic ring is 1. The summed E-state index contributed by atoms with van der Waals surface area (Å²) in [6.07, 6.45) is 1.41. The van der Waals surface area contributed by atoms with Crippen LogP contribution in [0.2, 0.25) is 0 Å². The van der Waals surface area contributed by atoms with Crippen molar-refractivity contribution in [3.8, 4) is 0 Å². The highest BCUT2D eigenvalue weighted by molar-refractivity contribution is 6.07. The molecule has 2 rings (SSSR count). The van der Waals surface area contributed by atoms with Gasteiger partial charge in [0.15, 0.2) is 0 Å². The Morgan fingerprint density at radius 1 is 1.44 bits per heavy atom. The lowest BCUT2D eigenvalue weighted by Gasteiger charge is -2.06. The molecule has 1 amide bonds. The highest BCUT2D eigenvalue weighted by atomic mass is 16.1. The van der Waals surface area contributed by atoms with Gasteiger partial charge in [0.2, 0.25) is 0 Å². The van der Waals surface area contributed by atoms with Crippen LogP contribution < -0.4 is 11.1 Å². The van der Waals surface area contributed by atoms with E-state index in [1.54, 1.807) is 0 Å². The van der Waals surface area contributed by atoms with Crippen molar-refractivity contribution in [2.24, 2.45) is 0 Å². The molecule has 0 aliphatic carbocycles. The van der Waals surface area contributed by atoms with E-state index in [4.69, 9.17) is 5.73 Å². The van der Waals surface area contributed by atoms with E-state index in [-0.39, 0.29) is 11.7 Å². The van der Waals surface area contributed by atoms with Gasteiger partial charge in [-0.25, -0.2) is 0 Å². The molecule has 1 aromatic carbocycles. The van der Waals surface area contributed by atoms with E-state index in [1.165, 1.54) is 6.20 Å². The predicted octanol–water partition coefficient (Wildman–Crippen LogP) is 1.55. The van der Waals surface area contributed by atoms with Crippen LogP contribution in [0.3, 0.4) is 0 Å². The molecule has 0 atom stereocenters. The molecule has 0 radical (unpaired) electrons. The summed E-state index contributed by atoms with van der Waals surface area (Å²) < 4.78 is 0. The zero-order valence-corrected chi connectivity index (χ0v) is 8.82. The van der Waals surface area contributed by atoms with Crippen molar-refractivity contribution in [1.82, 2.24) is 10.2 Å². The Hall–Kier alpha value is -2.30. The number of aromatic amines is 1. The Bertz CT molecular complexity index is 518. The highest BCUT2D eigenvalue weighted by Gasteiger charge is 2.12. The molecule has 1 heterocycles. The summed E-state index contributed by atoms with van der Waals surface area (Å²) >= 11 is 0. The number of anilines is 2. The average molecular weight is 216 g/mol. The van der Waals surface area contributed by atoms with Crippen LogP contribution in [-0.2, 0) is 0 Å². The van der Waals surface area contributed by atoms with Crippen molar-refractivity contribution in [3.05, 3.63) is 41.6 Å². The third kappa shape index (κ3) is 1.88. The number of benzene rings is 1. The van der Waals surface area contributed by atoms with Crippen LogP contribution in [0.15, 0.2) is 30.5 Å². The van der Waals surface area contributed by atoms with E-state index in [9.17, 15) is 4.79 Å². The van der Waals surface area contributed by atoms with Crippen LogP contribution in [0.4, 0.5) is 11.5 Å². The second kappa shape index (κ2) is 4.06. The third-order valence-electron chi connectivity index (χ3n) is 2.31. The van der Waals surface area contributed by atoms with Crippen LogP contribution in [0.1, 0.15) is 15.9 Å². The van der Waals surface area contributed by atoms with E-state index < -0.39 is 0 Å². The molecule has 0 bridgehead atoms. The van der Waals surface area contributed by atoms with Gasteiger partial charge >= 0.3 is 0 Å². The summed E-state index contributed by atoms with van der Waals surface area (Å²) in [6.45, 7) is 1.92. The number of H-pyrrole nitrogens is 1. The second-order valence-electron chi connectivity index (χ2n) is 3.47. The average Bonchev–Trinajstić information content (AvgIpc) is 2.68. The molecule has 0 fully saturated rings. The van der Waals surface area contributed by atoms with Crippen molar-refractivity contribution in [2.75, 3.05) is 11.1 Å². The first-order valence-electron chi connectivity index (χ1n) is 4.84. The molecule has 4 N–H and O–H groups in total. The molecule has 0 spiro atoms. The number of nitrogens with two attached hydrogens (primary N) is 1. The molecule has 0 aliphatic heterocycles. The van der Waals surface area contributed by atoms with Crippen molar-refractivity contribution >= 4 is 17.4 Å². The second-order valence-corrected chi connectivity index (χ2v) is 3.47. The number of aromatic nitrogens is 2. The Balaban J connectivity index is 2.21. The van der Waals surface area contributed by atoms with Crippen LogP contribution in [0.25, 0.3) is 0 Å². The molecule has 0 unspecified atom stereocenters. The topological polar surface area (TPSA) is 83.8 Å². The number of para-hydroxylation sites is 1. The summed E-state index contributed by atoms with van der Waals surface area (Å²) in [5.41, 5.74) is 7.67. The number of hydrogen-bond donors (Lipinski definition) is 3. The Morgan fingerprint density at radius 2 is 2.19 bits per heavy atom. The number of nitrogens with one attached hydrogen (secondary N) is 2. The Labute approximate surface area is 92.7 Å². The van der Waals surface area contributed by atoms with Crippen molar-refractivity contribution in [2.45, 2.75) is 6.92 Å². The number of amides is 1. The van der Waals surface area contributed by atoms with Gasteiger partial charge in [0.25, 0.3) is 5.91 Å². The van der Waals surface area contributed by atoms with Gasteiger partial charge in [0.1, 0.15) is 11.4 Å². The van der Waals surface area contributed by atoms with E-state index in [0.717, 1.165) is 11.3 Å². The van der Waals surface area contributed by atoms with Crippen LogP contribution in [-0.4, -0.2) is 16.1 Å². The molecule has 5 heteroatoms. The quantitative estimate of drug-likeness (QED) is 0.712. The first-order chi connectivity index (χ1) is 7.68. The van der Waals surface area contributed by atoms with Gasteiger partial charge in [-0.1, -0.05) is 18.2 Å². The fourth-order valence-electron chi connectivity index (χ4n) is 1.38. The normalized spacial score (nSPS) is 10.1. The van der Waals surface area contributed by atoms with Gasteiger partial charge in [-0.2, -0.15) is 5.10 Å². The molecule has 16 heavy (non-hydrogen) atoms. The maximum atomic E-state index is 11.8. The molecular weight excluding hydrogens is 204 g/mol. The van der Waals surface area contributed by atoms with Crippen molar-refractivity contribution in [3.63, 3.8) is 0 Å². The molecule has 0 saturated heterocycles. The monoisotopic (exact) mass is 216 g/mol. The SMILES string of the molecule is Cc1ccccc1NC(=O)c1cn[nH]c1N. The molecular formula is C11H12N4O. The molecule has 1 aromatic heterocycles. The largest absolute Gasteiger partial charge is 0.383 e. The summed E-state index contributed by atoms with van der Waals surface area (Å²) in [5.74, 6) is 0.00614. The summed E-state index contributed by atoms with van der Waals surface area (Å²) in [7, 11) is 0. The first kappa shape index (κ1) is 10.2. The Kier molecular flexibility index (Phi) is 2.59. The number of carbonyl (C=O) groups excluding carboxylic acids is 1. The van der Waals surface area contributed by atoms with Gasteiger partial charge in [0.05, 0.1) is 6.20 Å². The zero-order valence-electron chi connectivity index (χ0n) is 8.82. The maximum absolute atomic E-state index is 11.8. The minimum absolute atomic E-state index is 0.263. The van der Waals surface area contributed by atoms with E-state index in [1.807, 2.05) is 31.2 Å². The zero-order chi connectivity index (χ0) is 11.5. The van der Waals surface area contributed by atoms with Gasteiger partial charge in [0, 0.05) is 5.69 Å². The fourth-order valence-corrected chi connectivity index (χ4v) is 1.38. The van der Waals surface area contributed by atoms with E-state index in [2.05, 4.69) is 15.5 Å². The first-order valence-corrected chi connectivity index (χ1v) is 4.84. The number of nitrogens with zero attached hydrogens (tertiary/aromatic N) is 1. The molecule has 0 aliphatic rings. The van der Waals surface area contributed by atoms with Gasteiger partial charge in [-0.15, -0.1) is 0 Å². The lowest BCUT2D eigenvalue weighted by Crippen LogP contribution is -2.13. The van der Waals surface area contributed by atoms with Crippen LogP contribution in [0.5, 0.6) is 0 Å². The Morgan fingerprint density at radius 3 is 2.81 bits per heavy atom. The van der Waals surface area contributed by atoms with Gasteiger partial charge < -0.3 is 11.1 Å². The van der Waals surface area contributed by atoms with Crippen LogP contribution >= 0.6 is 0 Å². The van der Waals surface area contributed by atoms with Gasteiger partial charge in [-0.3, -0.25) is 9.89 Å². The number of aryl methyl sites for hydroxylation is 1. The highest BCUT2D eigenvalue weighted by Crippen LogP contribution is 2.15.